The highest BCUT2D eigenvalue weighted by Gasteiger charge is 2.11. The first kappa shape index (κ1) is 12.4. The normalized spacial score (nSPS) is 10.8. The molecule has 1 aromatic heterocycles. The number of hydrogen-bond acceptors (Lipinski definition) is 2. The number of benzene rings is 1. The highest BCUT2D eigenvalue weighted by Crippen LogP contribution is 2.14. The number of rotatable bonds is 4. The van der Waals surface area contributed by atoms with Gasteiger partial charge in [-0.1, -0.05) is 26.0 Å². The maximum atomic E-state index is 11.8. The molecule has 0 aliphatic heterocycles. The average molecular weight is 243 g/mol. The van der Waals surface area contributed by atoms with E-state index in [1.54, 1.807) is 12.1 Å². The van der Waals surface area contributed by atoms with Crippen molar-refractivity contribution in [3.8, 4) is 5.75 Å². The van der Waals surface area contributed by atoms with Crippen molar-refractivity contribution in [3.63, 3.8) is 0 Å². The molecular formula is C15H17NO2. The van der Waals surface area contributed by atoms with E-state index in [1.807, 2.05) is 49.0 Å². The molecule has 0 radical (unpaired) electrons. The molecule has 0 unspecified atom stereocenters. The van der Waals surface area contributed by atoms with Crippen LogP contribution >= 0.6 is 0 Å². The Morgan fingerprint density at radius 2 is 2.11 bits per heavy atom. The largest absolute Gasteiger partial charge is 0.508 e. The third kappa shape index (κ3) is 2.80. The molecule has 1 aromatic carbocycles. The van der Waals surface area contributed by atoms with Crippen LogP contribution in [0.4, 0.5) is 0 Å². The van der Waals surface area contributed by atoms with Crippen molar-refractivity contribution in [2.45, 2.75) is 20.4 Å². The van der Waals surface area contributed by atoms with Gasteiger partial charge in [0.15, 0.2) is 5.78 Å². The van der Waals surface area contributed by atoms with Crippen LogP contribution < -0.4 is 0 Å². The van der Waals surface area contributed by atoms with E-state index >= 15 is 0 Å². The highest BCUT2D eigenvalue weighted by molar-refractivity contribution is 5.97. The van der Waals surface area contributed by atoms with E-state index in [4.69, 9.17) is 0 Å². The molecule has 0 amide bonds. The van der Waals surface area contributed by atoms with Crippen LogP contribution in [0, 0.1) is 5.92 Å². The number of carbonyl (C=O) groups is 1. The van der Waals surface area contributed by atoms with Crippen LogP contribution in [0.2, 0.25) is 0 Å². The quantitative estimate of drug-likeness (QED) is 0.838. The Bertz CT molecular complexity index is 555. The molecule has 0 fully saturated rings. The molecule has 0 atom stereocenters. The molecule has 1 heterocycles. The minimum Gasteiger partial charge on any atom is -0.508 e. The fourth-order valence-electron chi connectivity index (χ4n) is 1.88. The van der Waals surface area contributed by atoms with Gasteiger partial charge < -0.3 is 9.67 Å². The number of Topliss-reactive ketones (excluding diaryl/α,β-unsaturated/α-hetero) is 1. The Morgan fingerprint density at radius 3 is 2.78 bits per heavy atom. The Morgan fingerprint density at radius 1 is 1.33 bits per heavy atom. The standard InChI is InChI=1S/C15H17NO2/c1-11(2)15(18)13-6-7-16(10-13)9-12-4-3-5-14(17)8-12/h3-8,10-11,17H,9H2,1-2H3. The Labute approximate surface area is 107 Å². The van der Waals surface area contributed by atoms with E-state index in [2.05, 4.69) is 0 Å². The fraction of sp³-hybridized carbons (Fsp3) is 0.267. The summed E-state index contributed by atoms with van der Waals surface area (Å²) in [7, 11) is 0. The van der Waals surface area contributed by atoms with Gasteiger partial charge in [-0.15, -0.1) is 0 Å². The van der Waals surface area contributed by atoms with E-state index in [0.717, 1.165) is 11.1 Å². The molecule has 0 saturated carbocycles. The van der Waals surface area contributed by atoms with Gasteiger partial charge in [-0.3, -0.25) is 4.79 Å². The van der Waals surface area contributed by atoms with Gasteiger partial charge >= 0.3 is 0 Å². The number of aromatic hydroxyl groups is 1. The molecule has 0 bridgehead atoms. The highest BCUT2D eigenvalue weighted by atomic mass is 16.3. The van der Waals surface area contributed by atoms with Crippen molar-refractivity contribution < 1.29 is 9.90 Å². The molecule has 2 aromatic rings. The molecule has 1 N–H and O–H groups in total. The van der Waals surface area contributed by atoms with Gasteiger partial charge in [0.2, 0.25) is 0 Å². The fourth-order valence-corrected chi connectivity index (χ4v) is 1.88. The minimum absolute atomic E-state index is 0.0154. The zero-order valence-electron chi connectivity index (χ0n) is 10.6. The number of phenols is 1. The second kappa shape index (κ2) is 5.08. The third-order valence-electron chi connectivity index (χ3n) is 2.84. The molecule has 0 aliphatic rings. The molecular weight excluding hydrogens is 226 g/mol. The van der Waals surface area contributed by atoms with Crippen LogP contribution in [0.15, 0.2) is 42.7 Å². The lowest BCUT2D eigenvalue weighted by Gasteiger charge is -2.04. The number of aromatic nitrogens is 1. The second-order valence-electron chi connectivity index (χ2n) is 4.76. The lowest BCUT2D eigenvalue weighted by Crippen LogP contribution is -2.06. The number of phenolic OH excluding ortho intramolecular Hbond substituents is 1. The summed E-state index contributed by atoms with van der Waals surface area (Å²) < 4.78 is 1.95. The van der Waals surface area contributed by atoms with E-state index in [0.29, 0.717) is 6.54 Å². The van der Waals surface area contributed by atoms with Crippen molar-refractivity contribution in [1.82, 2.24) is 4.57 Å². The van der Waals surface area contributed by atoms with Gasteiger partial charge in [-0.25, -0.2) is 0 Å². The lowest BCUT2D eigenvalue weighted by atomic mass is 10.0. The minimum atomic E-state index is 0.0154. The lowest BCUT2D eigenvalue weighted by molar-refractivity contribution is 0.0939. The monoisotopic (exact) mass is 243 g/mol. The van der Waals surface area contributed by atoms with Crippen molar-refractivity contribution >= 4 is 5.78 Å². The summed E-state index contributed by atoms with van der Waals surface area (Å²) in [5.74, 6) is 0.435. The maximum absolute atomic E-state index is 11.8. The number of hydrogen-bond donors (Lipinski definition) is 1. The van der Waals surface area contributed by atoms with Gasteiger partial charge in [0.25, 0.3) is 0 Å². The summed E-state index contributed by atoms with van der Waals surface area (Å²) in [6, 6.07) is 8.97. The van der Waals surface area contributed by atoms with Gasteiger partial charge in [0.05, 0.1) is 0 Å². The smallest absolute Gasteiger partial charge is 0.166 e. The molecule has 18 heavy (non-hydrogen) atoms. The zero-order valence-corrected chi connectivity index (χ0v) is 10.6. The summed E-state index contributed by atoms with van der Waals surface area (Å²) >= 11 is 0. The van der Waals surface area contributed by atoms with Gasteiger partial charge in [-0.2, -0.15) is 0 Å². The van der Waals surface area contributed by atoms with E-state index in [-0.39, 0.29) is 17.5 Å². The molecule has 0 spiro atoms. The summed E-state index contributed by atoms with van der Waals surface area (Å²) in [5, 5.41) is 9.39. The van der Waals surface area contributed by atoms with Crippen LogP contribution in [-0.4, -0.2) is 15.5 Å². The topological polar surface area (TPSA) is 42.2 Å². The van der Waals surface area contributed by atoms with E-state index < -0.39 is 0 Å². The summed E-state index contributed by atoms with van der Waals surface area (Å²) in [4.78, 5) is 11.8. The molecule has 3 heteroatoms. The van der Waals surface area contributed by atoms with Gasteiger partial charge in [0.1, 0.15) is 5.75 Å². The van der Waals surface area contributed by atoms with Crippen molar-refractivity contribution in [2.24, 2.45) is 5.92 Å². The van der Waals surface area contributed by atoms with Crippen molar-refractivity contribution in [3.05, 3.63) is 53.9 Å². The summed E-state index contributed by atoms with van der Waals surface area (Å²) in [6.45, 7) is 4.45. The van der Waals surface area contributed by atoms with E-state index in [1.165, 1.54) is 0 Å². The first-order valence-corrected chi connectivity index (χ1v) is 6.04. The second-order valence-corrected chi connectivity index (χ2v) is 4.76. The Kier molecular flexibility index (Phi) is 3.51. The van der Waals surface area contributed by atoms with E-state index in [9.17, 15) is 9.90 Å². The Balaban J connectivity index is 2.14. The predicted octanol–water partition coefficient (Wildman–Crippen LogP) is 3.08. The molecule has 2 rings (SSSR count). The predicted molar refractivity (Wildman–Crippen MR) is 70.8 cm³/mol. The summed E-state index contributed by atoms with van der Waals surface area (Å²) in [6.07, 6.45) is 3.74. The summed E-state index contributed by atoms with van der Waals surface area (Å²) in [5.41, 5.74) is 1.75. The van der Waals surface area contributed by atoms with Gasteiger partial charge in [0, 0.05) is 30.4 Å². The SMILES string of the molecule is CC(C)C(=O)c1ccn(Cc2cccc(O)c2)c1. The number of carbonyl (C=O) groups excluding carboxylic acids is 1. The molecule has 3 nitrogen and oxygen atoms in total. The van der Waals surface area contributed by atoms with Crippen LogP contribution in [0.25, 0.3) is 0 Å². The first-order valence-electron chi connectivity index (χ1n) is 6.04. The van der Waals surface area contributed by atoms with Gasteiger partial charge in [-0.05, 0) is 23.8 Å². The third-order valence-corrected chi connectivity index (χ3v) is 2.84. The van der Waals surface area contributed by atoms with Crippen molar-refractivity contribution in [1.29, 1.82) is 0 Å². The van der Waals surface area contributed by atoms with Crippen LogP contribution in [-0.2, 0) is 6.54 Å². The molecule has 0 aliphatic carbocycles. The van der Waals surface area contributed by atoms with Crippen LogP contribution in [0.5, 0.6) is 5.75 Å². The van der Waals surface area contributed by atoms with Crippen molar-refractivity contribution in [2.75, 3.05) is 0 Å². The zero-order chi connectivity index (χ0) is 13.1. The first-order chi connectivity index (χ1) is 8.56. The van der Waals surface area contributed by atoms with Crippen LogP contribution in [0.3, 0.4) is 0 Å². The molecule has 0 saturated heterocycles. The number of ketones is 1. The molecule has 94 valence electrons. The Hall–Kier alpha value is -2.03. The van der Waals surface area contributed by atoms with Crippen LogP contribution in [0.1, 0.15) is 29.8 Å². The maximum Gasteiger partial charge on any atom is 0.166 e. The number of nitrogens with zero attached hydrogens (tertiary/aromatic N) is 1. The average Bonchev–Trinajstić information content (AvgIpc) is 2.76.